The van der Waals surface area contributed by atoms with E-state index >= 15 is 0 Å². The molecule has 0 aliphatic carbocycles. The van der Waals surface area contributed by atoms with Gasteiger partial charge in [-0.25, -0.2) is 0 Å². The SMILES string of the molecule is CC(=O)OCc1ccc(-c2c3ccccc3cc3ccccc23)o1. The Hall–Kier alpha value is -3.07. The Bertz CT molecular complexity index is 989. The average Bonchev–Trinajstić information content (AvgIpc) is 3.06. The molecule has 118 valence electrons. The van der Waals surface area contributed by atoms with E-state index in [0.717, 1.165) is 22.1 Å². The lowest BCUT2D eigenvalue weighted by Gasteiger charge is -2.09. The van der Waals surface area contributed by atoms with Crippen LogP contribution < -0.4 is 0 Å². The fourth-order valence-electron chi connectivity index (χ4n) is 3.04. The summed E-state index contributed by atoms with van der Waals surface area (Å²) in [5.74, 6) is 1.10. The molecule has 3 aromatic carbocycles. The number of carbonyl (C=O) groups excluding carboxylic acids is 1. The minimum atomic E-state index is -0.316. The third-order valence-corrected chi connectivity index (χ3v) is 4.10. The van der Waals surface area contributed by atoms with E-state index in [1.165, 1.54) is 17.7 Å². The Morgan fingerprint density at radius 1 is 0.917 bits per heavy atom. The van der Waals surface area contributed by atoms with Crippen molar-refractivity contribution in [2.75, 3.05) is 0 Å². The molecule has 0 unspecified atom stereocenters. The van der Waals surface area contributed by atoms with Crippen LogP contribution in [0.25, 0.3) is 32.9 Å². The number of esters is 1. The molecule has 0 fully saturated rings. The minimum Gasteiger partial charge on any atom is -0.458 e. The lowest BCUT2D eigenvalue weighted by molar-refractivity contribution is -0.142. The summed E-state index contributed by atoms with van der Waals surface area (Å²) in [7, 11) is 0. The highest BCUT2D eigenvalue weighted by atomic mass is 16.5. The molecule has 24 heavy (non-hydrogen) atoms. The van der Waals surface area contributed by atoms with Gasteiger partial charge in [-0.2, -0.15) is 0 Å². The van der Waals surface area contributed by atoms with Gasteiger partial charge < -0.3 is 9.15 Å². The molecule has 0 amide bonds. The first kappa shape index (κ1) is 14.5. The van der Waals surface area contributed by atoms with Crippen LogP contribution in [0.3, 0.4) is 0 Å². The Labute approximate surface area is 139 Å². The van der Waals surface area contributed by atoms with Crippen molar-refractivity contribution in [3.8, 4) is 11.3 Å². The molecular weight excluding hydrogens is 300 g/mol. The average molecular weight is 316 g/mol. The molecule has 0 saturated carbocycles. The maximum Gasteiger partial charge on any atom is 0.303 e. The molecule has 0 saturated heterocycles. The van der Waals surface area contributed by atoms with Gasteiger partial charge in [0.1, 0.15) is 18.1 Å². The van der Waals surface area contributed by atoms with Gasteiger partial charge in [-0.15, -0.1) is 0 Å². The van der Waals surface area contributed by atoms with Gasteiger partial charge in [0.15, 0.2) is 0 Å². The van der Waals surface area contributed by atoms with Crippen molar-refractivity contribution in [2.24, 2.45) is 0 Å². The Morgan fingerprint density at radius 3 is 2.17 bits per heavy atom. The zero-order valence-electron chi connectivity index (χ0n) is 13.3. The van der Waals surface area contributed by atoms with Crippen molar-refractivity contribution in [3.63, 3.8) is 0 Å². The third kappa shape index (κ3) is 2.54. The molecule has 4 aromatic rings. The molecule has 1 aromatic heterocycles. The predicted octanol–water partition coefficient (Wildman–Crippen LogP) is 5.32. The number of benzene rings is 3. The van der Waals surface area contributed by atoms with Gasteiger partial charge in [-0.3, -0.25) is 4.79 Å². The number of ether oxygens (including phenoxy) is 1. The van der Waals surface area contributed by atoms with Crippen LogP contribution in [0.2, 0.25) is 0 Å². The summed E-state index contributed by atoms with van der Waals surface area (Å²) in [5, 5.41) is 4.63. The third-order valence-electron chi connectivity index (χ3n) is 4.10. The normalized spacial score (nSPS) is 11.0. The van der Waals surface area contributed by atoms with Crippen molar-refractivity contribution in [2.45, 2.75) is 13.5 Å². The summed E-state index contributed by atoms with van der Waals surface area (Å²) >= 11 is 0. The predicted molar refractivity (Wildman–Crippen MR) is 94.6 cm³/mol. The summed E-state index contributed by atoms with van der Waals surface area (Å²) in [6, 6.07) is 22.5. The van der Waals surface area contributed by atoms with E-state index in [9.17, 15) is 4.79 Å². The summed E-state index contributed by atoms with van der Waals surface area (Å²) in [5.41, 5.74) is 1.07. The Balaban J connectivity index is 1.92. The number of furan rings is 1. The van der Waals surface area contributed by atoms with Gasteiger partial charge >= 0.3 is 5.97 Å². The van der Waals surface area contributed by atoms with Gasteiger partial charge in [0.05, 0.1) is 0 Å². The highest BCUT2D eigenvalue weighted by Crippen LogP contribution is 2.37. The van der Waals surface area contributed by atoms with Crippen LogP contribution in [0.4, 0.5) is 0 Å². The summed E-state index contributed by atoms with van der Waals surface area (Å²) < 4.78 is 11.0. The van der Waals surface area contributed by atoms with Crippen LogP contribution in [0.1, 0.15) is 12.7 Å². The Morgan fingerprint density at radius 2 is 1.54 bits per heavy atom. The molecule has 0 aliphatic rings. The molecule has 3 nitrogen and oxygen atoms in total. The van der Waals surface area contributed by atoms with E-state index in [2.05, 4.69) is 30.3 Å². The molecular formula is C21H16O3. The second-order valence-corrected chi connectivity index (χ2v) is 5.74. The molecule has 3 heteroatoms. The van der Waals surface area contributed by atoms with Crippen molar-refractivity contribution < 1.29 is 13.9 Å². The lowest BCUT2D eigenvalue weighted by Crippen LogP contribution is -1.97. The van der Waals surface area contributed by atoms with Crippen LogP contribution in [-0.4, -0.2) is 5.97 Å². The zero-order chi connectivity index (χ0) is 16.5. The number of fused-ring (bicyclic) bond motifs is 2. The molecule has 0 N–H and O–H groups in total. The highest BCUT2D eigenvalue weighted by Gasteiger charge is 2.13. The number of hydrogen-bond donors (Lipinski definition) is 0. The van der Waals surface area contributed by atoms with Crippen LogP contribution in [-0.2, 0) is 16.1 Å². The van der Waals surface area contributed by atoms with Crippen molar-refractivity contribution in [1.29, 1.82) is 0 Å². The van der Waals surface area contributed by atoms with E-state index in [1.54, 1.807) is 0 Å². The fourth-order valence-corrected chi connectivity index (χ4v) is 3.04. The summed E-state index contributed by atoms with van der Waals surface area (Å²) in [6.45, 7) is 1.54. The summed E-state index contributed by atoms with van der Waals surface area (Å²) in [6.07, 6.45) is 0. The lowest BCUT2D eigenvalue weighted by atomic mass is 9.95. The van der Waals surface area contributed by atoms with E-state index in [1.807, 2.05) is 36.4 Å². The smallest absolute Gasteiger partial charge is 0.303 e. The van der Waals surface area contributed by atoms with E-state index in [4.69, 9.17) is 9.15 Å². The molecule has 0 atom stereocenters. The van der Waals surface area contributed by atoms with E-state index < -0.39 is 0 Å². The number of hydrogen-bond acceptors (Lipinski definition) is 3. The van der Waals surface area contributed by atoms with Crippen molar-refractivity contribution >= 4 is 27.5 Å². The van der Waals surface area contributed by atoms with E-state index in [-0.39, 0.29) is 12.6 Å². The Kier molecular flexibility index (Phi) is 3.54. The van der Waals surface area contributed by atoms with Gasteiger partial charge in [-0.05, 0) is 39.7 Å². The van der Waals surface area contributed by atoms with Crippen LogP contribution in [0.5, 0.6) is 0 Å². The van der Waals surface area contributed by atoms with Crippen LogP contribution >= 0.6 is 0 Å². The van der Waals surface area contributed by atoms with Gasteiger partial charge in [-0.1, -0.05) is 48.5 Å². The molecule has 0 aliphatic heterocycles. The van der Waals surface area contributed by atoms with Gasteiger partial charge in [0, 0.05) is 12.5 Å². The minimum absolute atomic E-state index is 0.151. The van der Waals surface area contributed by atoms with Crippen LogP contribution in [0.15, 0.2) is 71.1 Å². The number of carbonyl (C=O) groups is 1. The maximum absolute atomic E-state index is 11.0. The van der Waals surface area contributed by atoms with Gasteiger partial charge in [0.2, 0.25) is 0 Å². The molecule has 0 spiro atoms. The largest absolute Gasteiger partial charge is 0.458 e. The zero-order valence-corrected chi connectivity index (χ0v) is 13.3. The second kappa shape index (κ2) is 5.85. The van der Waals surface area contributed by atoms with Crippen molar-refractivity contribution in [1.82, 2.24) is 0 Å². The van der Waals surface area contributed by atoms with E-state index in [0.29, 0.717) is 5.76 Å². The fraction of sp³-hybridized carbons (Fsp3) is 0.0952. The first-order valence-corrected chi connectivity index (χ1v) is 7.85. The molecule has 0 radical (unpaired) electrons. The molecule has 1 heterocycles. The second-order valence-electron chi connectivity index (χ2n) is 5.74. The number of rotatable bonds is 3. The van der Waals surface area contributed by atoms with Crippen LogP contribution in [0, 0.1) is 0 Å². The standard InChI is InChI=1S/C21H16O3/c1-14(22)23-13-17-10-11-20(24-17)21-18-8-4-2-6-15(18)12-16-7-3-5-9-19(16)21/h2-12H,13H2,1H3. The van der Waals surface area contributed by atoms with Crippen molar-refractivity contribution in [3.05, 3.63) is 72.5 Å². The first-order valence-electron chi connectivity index (χ1n) is 7.85. The first-order chi connectivity index (χ1) is 11.7. The highest BCUT2D eigenvalue weighted by molar-refractivity contribution is 6.11. The van der Waals surface area contributed by atoms with Gasteiger partial charge in [0.25, 0.3) is 0 Å². The molecule has 4 rings (SSSR count). The maximum atomic E-state index is 11.0. The summed E-state index contributed by atoms with van der Waals surface area (Å²) in [4.78, 5) is 11.0. The quantitative estimate of drug-likeness (QED) is 0.379. The topological polar surface area (TPSA) is 39.4 Å². The molecule has 0 bridgehead atoms. The monoisotopic (exact) mass is 316 g/mol.